The van der Waals surface area contributed by atoms with E-state index < -0.39 is 0 Å². The highest BCUT2D eigenvalue weighted by Crippen LogP contribution is 2.31. The van der Waals surface area contributed by atoms with Crippen molar-refractivity contribution in [1.82, 2.24) is 15.1 Å². The van der Waals surface area contributed by atoms with Crippen molar-refractivity contribution in [1.29, 1.82) is 0 Å². The maximum absolute atomic E-state index is 6.29. The predicted molar refractivity (Wildman–Crippen MR) is 77.9 cm³/mol. The summed E-state index contributed by atoms with van der Waals surface area (Å²) in [6, 6.07) is 7.91. The molecule has 1 unspecified atom stereocenters. The van der Waals surface area contributed by atoms with Gasteiger partial charge in [-0.1, -0.05) is 36.7 Å². The molecule has 0 aliphatic heterocycles. The first-order chi connectivity index (χ1) is 8.65. The zero-order valence-corrected chi connectivity index (χ0v) is 12.7. The highest BCUT2D eigenvalue weighted by atomic mass is 79.9. The first kappa shape index (κ1) is 13.6. The van der Waals surface area contributed by atoms with Crippen molar-refractivity contribution in [2.45, 2.75) is 13.0 Å². The van der Waals surface area contributed by atoms with E-state index in [-0.39, 0.29) is 6.04 Å². The second-order valence-electron chi connectivity index (χ2n) is 4.01. The molecule has 0 aliphatic carbocycles. The molecule has 1 aromatic heterocycles. The van der Waals surface area contributed by atoms with Crippen molar-refractivity contribution >= 4 is 27.5 Å². The Hall–Kier alpha value is -0.840. The molecule has 3 nitrogen and oxygen atoms in total. The third-order valence-corrected chi connectivity index (χ3v) is 3.79. The first-order valence-electron chi connectivity index (χ1n) is 5.80. The Balaban J connectivity index is 2.50. The third-order valence-electron chi connectivity index (χ3n) is 2.84. The van der Waals surface area contributed by atoms with Gasteiger partial charge in [-0.25, -0.2) is 0 Å². The summed E-state index contributed by atoms with van der Waals surface area (Å²) < 4.78 is 2.84. The van der Waals surface area contributed by atoms with Crippen LogP contribution in [0.3, 0.4) is 0 Å². The SMILES string of the molecule is CCNC(c1ccccc1Cl)c1c(Br)cnn1C. The second-order valence-corrected chi connectivity index (χ2v) is 5.28. The summed E-state index contributed by atoms with van der Waals surface area (Å²) in [4.78, 5) is 0. The van der Waals surface area contributed by atoms with Gasteiger partial charge >= 0.3 is 0 Å². The van der Waals surface area contributed by atoms with E-state index in [1.807, 2.05) is 36.0 Å². The Morgan fingerprint density at radius 3 is 2.72 bits per heavy atom. The molecule has 0 radical (unpaired) electrons. The minimum absolute atomic E-state index is 0.0329. The summed E-state index contributed by atoms with van der Waals surface area (Å²) in [7, 11) is 1.93. The third kappa shape index (κ3) is 2.60. The number of nitrogens with zero attached hydrogens (tertiary/aromatic N) is 2. The summed E-state index contributed by atoms with van der Waals surface area (Å²) in [5.41, 5.74) is 2.13. The molecule has 2 aromatic rings. The molecule has 0 bridgehead atoms. The number of nitrogens with one attached hydrogen (secondary N) is 1. The molecule has 5 heteroatoms. The molecule has 1 atom stereocenters. The van der Waals surface area contributed by atoms with Crippen LogP contribution in [0, 0.1) is 0 Å². The van der Waals surface area contributed by atoms with Crippen LogP contribution in [0.4, 0.5) is 0 Å². The van der Waals surface area contributed by atoms with Gasteiger partial charge in [-0.15, -0.1) is 0 Å². The molecule has 0 saturated heterocycles. The van der Waals surface area contributed by atoms with Crippen molar-refractivity contribution in [3.8, 4) is 0 Å². The largest absolute Gasteiger partial charge is 0.305 e. The molecule has 0 amide bonds. The van der Waals surface area contributed by atoms with Gasteiger partial charge in [0.15, 0.2) is 0 Å². The zero-order valence-electron chi connectivity index (χ0n) is 10.3. The molecular weight excluding hydrogens is 314 g/mol. The molecule has 96 valence electrons. The summed E-state index contributed by atoms with van der Waals surface area (Å²) in [6.45, 7) is 2.93. The average molecular weight is 329 g/mol. The van der Waals surface area contributed by atoms with Gasteiger partial charge in [-0.3, -0.25) is 4.68 Å². The molecule has 1 aromatic carbocycles. The van der Waals surface area contributed by atoms with Crippen LogP contribution < -0.4 is 5.32 Å². The van der Waals surface area contributed by atoms with Crippen LogP contribution in [0.15, 0.2) is 34.9 Å². The molecule has 2 rings (SSSR count). The van der Waals surface area contributed by atoms with E-state index in [0.717, 1.165) is 27.3 Å². The highest BCUT2D eigenvalue weighted by molar-refractivity contribution is 9.10. The Morgan fingerprint density at radius 1 is 1.44 bits per heavy atom. The van der Waals surface area contributed by atoms with Crippen molar-refractivity contribution < 1.29 is 0 Å². The normalized spacial score (nSPS) is 12.7. The van der Waals surface area contributed by atoms with E-state index in [2.05, 4.69) is 33.3 Å². The smallest absolute Gasteiger partial charge is 0.0774 e. The summed E-state index contributed by atoms with van der Waals surface area (Å²) >= 11 is 9.83. The van der Waals surface area contributed by atoms with Gasteiger partial charge in [-0.2, -0.15) is 5.10 Å². The van der Waals surface area contributed by atoms with Crippen molar-refractivity contribution in [3.63, 3.8) is 0 Å². The lowest BCUT2D eigenvalue weighted by atomic mass is 10.0. The van der Waals surface area contributed by atoms with Gasteiger partial charge in [0.2, 0.25) is 0 Å². The lowest BCUT2D eigenvalue weighted by molar-refractivity contribution is 0.571. The Kier molecular flexibility index (Phi) is 4.43. The number of hydrogen-bond donors (Lipinski definition) is 1. The van der Waals surface area contributed by atoms with E-state index in [1.54, 1.807) is 6.20 Å². The van der Waals surface area contributed by atoms with Crippen molar-refractivity contribution in [2.24, 2.45) is 7.05 Å². The van der Waals surface area contributed by atoms with Gasteiger partial charge < -0.3 is 5.32 Å². The lowest BCUT2D eigenvalue weighted by Gasteiger charge is -2.20. The summed E-state index contributed by atoms with van der Waals surface area (Å²) in [5, 5.41) is 8.47. The summed E-state index contributed by atoms with van der Waals surface area (Å²) in [5.74, 6) is 0. The lowest BCUT2D eigenvalue weighted by Crippen LogP contribution is -2.24. The van der Waals surface area contributed by atoms with Gasteiger partial charge in [0.1, 0.15) is 0 Å². The number of rotatable bonds is 4. The summed E-state index contributed by atoms with van der Waals surface area (Å²) in [6.07, 6.45) is 1.80. The van der Waals surface area contributed by atoms with E-state index in [1.165, 1.54) is 0 Å². The maximum Gasteiger partial charge on any atom is 0.0774 e. The fourth-order valence-corrected chi connectivity index (χ4v) is 2.83. The van der Waals surface area contributed by atoms with E-state index >= 15 is 0 Å². The van der Waals surface area contributed by atoms with Crippen LogP contribution in [0.2, 0.25) is 5.02 Å². The fourth-order valence-electron chi connectivity index (χ4n) is 2.01. The Labute approximate surface area is 120 Å². The van der Waals surface area contributed by atoms with Gasteiger partial charge in [0.25, 0.3) is 0 Å². The standard InChI is InChI=1S/C13H15BrClN3/c1-3-16-12(9-6-4-5-7-11(9)15)13-10(14)8-17-18(13)2/h4-8,12,16H,3H2,1-2H3. The van der Waals surface area contributed by atoms with Crippen LogP contribution in [0.5, 0.6) is 0 Å². The molecule has 0 saturated carbocycles. The highest BCUT2D eigenvalue weighted by Gasteiger charge is 2.21. The van der Waals surface area contributed by atoms with E-state index in [4.69, 9.17) is 11.6 Å². The van der Waals surface area contributed by atoms with Crippen LogP contribution in [-0.2, 0) is 7.05 Å². The molecule has 1 N–H and O–H groups in total. The number of aromatic nitrogens is 2. The van der Waals surface area contributed by atoms with Crippen LogP contribution in [-0.4, -0.2) is 16.3 Å². The van der Waals surface area contributed by atoms with Crippen molar-refractivity contribution in [2.75, 3.05) is 6.54 Å². The quantitative estimate of drug-likeness (QED) is 0.930. The number of halogens is 2. The monoisotopic (exact) mass is 327 g/mol. The minimum Gasteiger partial charge on any atom is -0.305 e. The second kappa shape index (κ2) is 5.87. The van der Waals surface area contributed by atoms with Gasteiger partial charge in [0, 0.05) is 12.1 Å². The molecule has 1 heterocycles. The molecule has 0 spiro atoms. The Bertz CT molecular complexity index is 519. The molecular formula is C13H15BrClN3. The van der Waals surface area contributed by atoms with Gasteiger partial charge in [-0.05, 0) is 34.1 Å². The fraction of sp³-hybridized carbons (Fsp3) is 0.308. The van der Waals surface area contributed by atoms with Crippen molar-refractivity contribution in [3.05, 3.63) is 51.2 Å². The minimum atomic E-state index is 0.0329. The molecule has 0 fully saturated rings. The van der Waals surface area contributed by atoms with E-state index in [0.29, 0.717) is 0 Å². The van der Waals surface area contributed by atoms with Crippen LogP contribution >= 0.6 is 27.5 Å². The molecule has 18 heavy (non-hydrogen) atoms. The zero-order chi connectivity index (χ0) is 13.1. The first-order valence-corrected chi connectivity index (χ1v) is 6.97. The van der Waals surface area contributed by atoms with Crippen LogP contribution in [0.25, 0.3) is 0 Å². The number of aryl methyl sites for hydroxylation is 1. The van der Waals surface area contributed by atoms with Crippen LogP contribution in [0.1, 0.15) is 24.2 Å². The maximum atomic E-state index is 6.29. The molecule has 0 aliphatic rings. The van der Waals surface area contributed by atoms with Gasteiger partial charge in [0.05, 0.1) is 22.4 Å². The number of hydrogen-bond acceptors (Lipinski definition) is 2. The number of benzene rings is 1. The topological polar surface area (TPSA) is 29.9 Å². The van der Waals surface area contributed by atoms with E-state index in [9.17, 15) is 0 Å². The Morgan fingerprint density at radius 2 is 2.17 bits per heavy atom. The average Bonchev–Trinajstić information content (AvgIpc) is 2.68. The predicted octanol–water partition coefficient (Wildman–Crippen LogP) is 3.53.